The Balaban J connectivity index is 3.89. The Labute approximate surface area is 264 Å². The van der Waals surface area contributed by atoms with Crippen LogP contribution in [0.5, 0.6) is 0 Å². The van der Waals surface area contributed by atoms with E-state index in [2.05, 4.69) is 49.5 Å². The third kappa shape index (κ3) is 29.8. The molecule has 2 unspecified atom stereocenters. The number of hydrogen-bond acceptors (Lipinski definition) is 9. The van der Waals surface area contributed by atoms with Crippen molar-refractivity contribution in [1.29, 1.82) is 0 Å². The number of quaternary nitrogens is 1. The topological polar surface area (TPSA) is 138 Å². The predicted molar refractivity (Wildman–Crippen MR) is 172 cm³/mol. The number of aliphatic hydroxyl groups is 1. The SMILES string of the molecule is CCCCC/C=C\C/C=C\C/C=C\C/C=C\CCCC(=O)OC(CO)COC(=O)OCCCOP(=O)(O)OCC[N+](C)(C)C. The lowest BCUT2D eigenvalue weighted by Crippen LogP contribution is -2.37. The Morgan fingerprint density at radius 3 is 1.91 bits per heavy atom. The fourth-order valence-electron chi connectivity index (χ4n) is 3.36. The number of ether oxygens (including phenoxy) is 3. The Hall–Kier alpha value is -2.27. The number of carbonyl (C=O) groups excluding carboxylic acids is 2. The minimum absolute atomic E-state index is 0.0576. The maximum atomic E-state index is 12.0. The molecule has 0 aliphatic carbocycles. The Bertz CT molecular complexity index is 911. The van der Waals surface area contributed by atoms with Crippen molar-refractivity contribution < 1.29 is 51.9 Å². The molecular weight excluding hydrogens is 589 g/mol. The van der Waals surface area contributed by atoms with Crippen LogP contribution in [0.25, 0.3) is 0 Å². The zero-order valence-corrected chi connectivity index (χ0v) is 28.2. The fourth-order valence-corrected chi connectivity index (χ4v) is 4.11. The van der Waals surface area contributed by atoms with Crippen LogP contribution in [-0.2, 0) is 32.6 Å². The number of phosphoric acid groups is 1. The quantitative estimate of drug-likeness (QED) is 0.0338. The molecule has 0 heterocycles. The lowest BCUT2D eigenvalue weighted by Gasteiger charge is -2.24. The highest BCUT2D eigenvalue weighted by atomic mass is 31.2. The molecule has 12 heteroatoms. The smallest absolute Gasteiger partial charge is 0.456 e. The van der Waals surface area contributed by atoms with E-state index in [9.17, 15) is 24.2 Å². The molecule has 0 aromatic carbocycles. The summed E-state index contributed by atoms with van der Waals surface area (Å²) < 4.78 is 37.0. The van der Waals surface area contributed by atoms with Crippen molar-refractivity contribution in [2.24, 2.45) is 0 Å². The fraction of sp³-hybridized carbons (Fsp3) is 0.688. The molecule has 2 atom stereocenters. The maximum Gasteiger partial charge on any atom is 0.508 e. The van der Waals surface area contributed by atoms with Gasteiger partial charge in [0.1, 0.15) is 19.8 Å². The Morgan fingerprint density at radius 2 is 1.34 bits per heavy atom. The molecule has 2 N–H and O–H groups in total. The number of likely N-dealkylation sites (N-methyl/N-ethyl adjacent to an activating group) is 1. The lowest BCUT2D eigenvalue weighted by molar-refractivity contribution is -0.870. The maximum absolute atomic E-state index is 12.0. The molecule has 0 saturated heterocycles. The summed E-state index contributed by atoms with van der Waals surface area (Å²) in [6, 6.07) is 0. The molecule has 11 nitrogen and oxygen atoms in total. The van der Waals surface area contributed by atoms with Crippen molar-refractivity contribution in [3.63, 3.8) is 0 Å². The summed E-state index contributed by atoms with van der Waals surface area (Å²) in [5.74, 6) is -0.494. The molecular formula is C32H57NO10P+. The molecule has 44 heavy (non-hydrogen) atoms. The highest BCUT2D eigenvalue weighted by molar-refractivity contribution is 7.47. The van der Waals surface area contributed by atoms with Crippen LogP contribution in [0.1, 0.15) is 77.6 Å². The van der Waals surface area contributed by atoms with Crippen molar-refractivity contribution in [3.8, 4) is 0 Å². The molecule has 0 aromatic rings. The number of esters is 1. The van der Waals surface area contributed by atoms with Gasteiger partial charge in [-0.25, -0.2) is 9.36 Å². The van der Waals surface area contributed by atoms with Gasteiger partial charge in [0.15, 0.2) is 6.10 Å². The molecule has 0 aromatic heterocycles. The van der Waals surface area contributed by atoms with Crippen LogP contribution in [0, 0.1) is 0 Å². The van der Waals surface area contributed by atoms with Crippen LogP contribution in [0.15, 0.2) is 48.6 Å². The van der Waals surface area contributed by atoms with Gasteiger partial charge in [0, 0.05) is 12.8 Å². The van der Waals surface area contributed by atoms with Crippen LogP contribution in [0.4, 0.5) is 4.79 Å². The monoisotopic (exact) mass is 646 g/mol. The van der Waals surface area contributed by atoms with E-state index in [0.717, 1.165) is 25.7 Å². The van der Waals surface area contributed by atoms with Gasteiger partial charge in [-0.2, -0.15) is 0 Å². The van der Waals surface area contributed by atoms with Gasteiger partial charge in [-0.15, -0.1) is 0 Å². The molecule has 0 rings (SSSR count). The van der Waals surface area contributed by atoms with Gasteiger partial charge in [-0.1, -0.05) is 68.4 Å². The summed E-state index contributed by atoms with van der Waals surface area (Å²) in [6.07, 6.45) is 24.4. The standard InChI is InChI=1S/C32H56NO10P/c1-5-6-7-8-9-10-11-12-13-14-15-16-17-18-19-20-21-23-31(35)43-30(28-34)29-40-32(36)39-25-22-26-41-44(37,38)42-27-24-33(2,3)4/h9-10,12-13,15-16,18-19,30,34H,5-8,11,14,17,20-29H2,1-4H3/p+1/b10-9-,13-12-,16-15-,19-18-. The summed E-state index contributed by atoms with van der Waals surface area (Å²) in [5.41, 5.74) is 0. The van der Waals surface area contributed by atoms with Crippen molar-refractivity contribution in [3.05, 3.63) is 48.6 Å². The minimum Gasteiger partial charge on any atom is -0.456 e. The van der Waals surface area contributed by atoms with Gasteiger partial charge < -0.3 is 28.7 Å². The summed E-state index contributed by atoms with van der Waals surface area (Å²) in [6.45, 7) is 1.64. The second-order valence-corrected chi connectivity index (χ2v) is 12.6. The van der Waals surface area contributed by atoms with Crippen LogP contribution in [0.2, 0.25) is 0 Å². The van der Waals surface area contributed by atoms with Gasteiger partial charge in [-0.05, 0) is 44.9 Å². The largest absolute Gasteiger partial charge is 0.508 e. The first kappa shape index (κ1) is 41.7. The van der Waals surface area contributed by atoms with Crippen LogP contribution < -0.4 is 0 Å². The van der Waals surface area contributed by atoms with Crippen LogP contribution in [0.3, 0.4) is 0 Å². The molecule has 0 aliphatic heterocycles. The van der Waals surface area contributed by atoms with Gasteiger partial charge in [0.25, 0.3) is 0 Å². The summed E-state index contributed by atoms with van der Waals surface area (Å²) in [7, 11) is 1.59. The van der Waals surface area contributed by atoms with E-state index < -0.39 is 32.7 Å². The second-order valence-electron chi connectivity index (χ2n) is 11.2. The number of rotatable bonds is 27. The number of allylic oxidation sites excluding steroid dienone is 8. The Morgan fingerprint density at radius 1 is 0.773 bits per heavy atom. The molecule has 0 radical (unpaired) electrons. The number of nitrogens with zero attached hydrogens (tertiary/aromatic N) is 1. The highest BCUT2D eigenvalue weighted by Gasteiger charge is 2.22. The van der Waals surface area contributed by atoms with E-state index in [1.807, 2.05) is 27.2 Å². The first-order chi connectivity index (χ1) is 21.0. The lowest BCUT2D eigenvalue weighted by atomic mass is 10.2. The Kier molecular flexibility index (Phi) is 25.7. The molecule has 0 fully saturated rings. The van der Waals surface area contributed by atoms with Gasteiger partial charge in [0.2, 0.25) is 0 Å². The van der Waals surface area contributed by atoms with Crippen LogP contribution in [-0.4, -0.2) is 93.4 Å². The minimum atomic E-state index is -4.18. The highest BCUT2D eigenvalue weighted by Crippen LogP contribution is 2.43. The zero-order chi connectivity index (χ0) is 32.9. The number of hydrogen-bond donors (Lipinski definition) is 2. The first-order valence-electron chi connectivity index (χ1n) is 15.6. The second kappa shape index (κ2) is 27.1. The third-order valence-electron chi connectivity index (χ3n) is 5.88. The van der Waals surface area contributed by atoms with Crippen molar-refractivity contribution >= 4 is 19.9 Å². The van der Waals surface area contributed by atoms with E-state index in [1.165, 1.54) is 25.7 Å². The number of carbonyl (C=O) groups is 2. The zero-order valence-electron chi connectivity index (χ0n) is 27.3. The van der Waals surface area contributed by atoms with E-state index in [-0.39, 0.29) is 39.3 Å². The van der Waals surface area contributed by atoms with Gasteiger partial charge >= 0.3 is 19.9 Å². The van der Waals surface area contributed by atoms with Gasteiger partial charge in [0.05, 0.1) is 41.0 Å². The summed E-state index contributed by atoms with van der Waals surface area (Å²) >= 11 is 0. The average molecular weight is 647 g/mol. The first-order valence-corrected chi connectivity index (χ1v) is 17.1. The number of phosphoric ester groups is 1. The molecule has 0 amide bonds. The van der Waals surface area contributed by atoms with Gasteiger partial charge in [-0.3, -0.25) is 13.8 Å². The molecule has 0 aliphatic rings. The average Bonchev–Trinajstić information content (AvgIpc) is 2.95. The van der Waals surface area contributed by atoms with E-state index in [0.29, 0.717) is 17.4 Å². The molecule has 0 bridgehead atoms. The third-order valence-corrected chi connectivity index (χ3v) is 6.90. The van der Waals surface area contributed by atoms with E-state index >= 15 is 0 Å². The van der Waals surface area contributed by atoms with Crippen LogP contribution >= 0.6 is 7.82 Å². The summed E-state index contributed by atoms with van der Waals surface area (Å²) in [4.78, 5) is 33.4. The predicted octanol–water partition coefficient (Wildman–Crippen LogP) is 6.42. The number of unbranched alkanes of at least 4 members (excludes halogenated alkanes) is 4. The summed E-state index contributed by atoms with van der Waals surface area (Å²) in [5, 5.41) is 9.42. The van der Waals surface area contributed by atoms with E-state index in [4.69, 9.17) is 23.3 Å². The molecule has 254 valence electrons. The number of aliphatic hydroxyl groups excluding tert-OH is 1. The van der Waals surface area contributed by atoms with E-state index in [1.54, 1.807) is 0 Å². The molecule has 0 spiro atoms. The molecule has 0 saturated carbocycles. The van der Waals surface area contributed by atoms with Crippen molar-refractivity contribution in [2.45, 2.75) is 83.7 Å². The normalized spacial score (nSPS) is 14.5. The van der Waals surface area contributed by atoms with Crippen molar-refractivity contribution in [1.82, 2.24) is 0 Å². The van der Waals surface area contributed by atoms with Crippen molar-refractivity contribution in [2.75, 3.05) is 60.7 Å².